The van der Waals surface area contributed by atoms with Gasteiger partial charge < -0.3 is 10.6 Å². The number of amides is 1. The lowest BCUT2D eigenvalue weighted by Crippen LogP contribution is -2.31. The summed E-state index contributed by atoms with van der Waals surface area (Å²) in [6, 6.07) is 15.4. The first-order valence-corrected chi connectivity index (χ1v) is 7.79. The van der Waals surface area contributed by atoms with Gasteiger partial charge in [0, 0.05) is 15.8 Å². The molecule has 0 saturated carbocycles. The molecule has 2 aromatic rings. The Kier molecular flexibility index (Phi) is 5.39. The highest BCUT2D eigenvalue weighted by Crippen LogP contribution is 2.16. The minimum Gasteiger partial charge on any atom is -0.374 e. The monoisotopic (exact) mass is 346 g/mol. The van der Waals surface area contributed by atoms with Gasteiger partial charge in [0.05, 0.1) is 0 Å². The molecule has 2 N–H and O–H groups in total. The van der Waals surface area contributed by atoms with E-state index < -0.39 is 0 Å². The minimum absolute atomic E-state index is 0.0535. The molecule has 21 heavy (non-hydrogen) atoms. The SMILES string of the molecule is CCc1ccc(NC(=O)[C@@H](C)Nc2ccc(Br)cc2)cc1. The first kappa shape index (κ1) is 15.6. The van der Waals surface area contributed by atoms with Crippen molar-refractivity contribution in [1.29, 1.82) is 0 Å². The predicted octanol–water partition coefficient (Wildman–Crippen LogP) is 4.45. The van der Waals surface area contributed by atoms with Gasteiger partial charge in [-0.2, -0.15) is 0 Å². The van der Waals surface area contributed by atoms with Crippen LogP contribution in [0.2, 0.25) is 0 Å². The number of anilines is 2. The summed E-state index contributed by atoms with van der Waals surface area (Å²) in [6.07, 6.45) is 0.996. The Morgan fingerprint density at radius 3 is 2.19 bits per heavy atom. The summed E-state index contributed by atoms with van der Waals surface area (Å²) in [5.74, 6) is -0.0535. The fourth-order valence-electron chi connectivity index (χ4n) is 1.94. The summed E-state index contributed by atoms with van der Waals surface area (Å²) in [6.45, 7) is 3.95. The van der Waals surface area contributed by atoms with Crippen LogP contribution in [0.5, 0.6) is 0 Å². The molecule has 0 unspecified atom stereocenters. The highest BCUT2D eigenvalue weighted by molar-refractivity contribution is 9.10. The fraction of sp³-hybridized carbons (Fsp3) is 0.235. The van der Waals surface area contributed by atoms with Crippen molar-refractivity contribution in [3.05, 3.63) is 58.6 Å². The van der Waals surface area contributed by atoms with Crippen LogP contribution >= 0.6 is 15.9 Å². The maximum atomic E-state index is 12.2. The number of hydrogen-bond donors (Lipinski definition) is 2. The van der Waals surface area contributed by atoms with Gasteiger partial charge >= 0.3 is 0 Å². The lowest BCUT2D eigenvalue weighted by atomic mass is 10.1. The van der Waals surface area contributed by atoms with Crippen molar-refractivity contribution in [2.45, 2.75) is 26.3 Å². The van der Waals surface area contributed by atoms with Crippen LogP contribution in [0.15, 0.2) is 53.0 Å². The quantitative estimate of drug-likeness (QED) is 0.839. The summed E-state index contributed by atoms with van der Waals surface area (Å²) in [5, 5.41) is 6.09. The topological polar surface area (TPSA) is 41.1 Å². The molecule has 3 nitrogen and oxygen atoms in total. The fourth-order valence-corrected chi connectivity index (χ4v) is 2.20. The smallest absolute Gasteiger partial charge is 0.246 e. The predicted molar refractivity (Wildman–Crippen MR) is 91.7 cm³/mol. The van der Waals surface area contributed by atoms with E-state index in [1.807, 2.05) is 55.5 Å². The normalized spacial score (nSPS) is 11.8. The number of aryl methyl sites for hydroxylation is 1. The molecule has 0 saturated heterocycles. The highest BCUT2D eigenvalue weighted by Gasteiger charge is 2.12. The van der Waals surface area contributed by atoms with E-state index in [-0.39, 0.29) is 11.9 Å². The van der Waals surface area contributed by atoms with Crippen LogP contribution in [-0.2, 0) is 11.2 Å². The van der Waals surface area contributed by atoms with Gasteiger partial charge in [0.25, 0.3) is 0 Å². The van der Waals surface area contributed by atoms with Gasteiger partial charge in [-0.1, -0.05) is 35.0 Å². The molecule has 0 aliphatic heterocycles. The third-order valence-corrected chi connectivity index (χ3v) is 3.78. The lowest BCUT2D eigenvalue weighted by molar-refractivity contribution is -0.116. The third-order valence-electron chi connectivity index (χ3n) is 3.25. The summed E-state index contributed by atoms with van der Waals surface area (Å²) >= 11 is 3.39. The molecule has 2 rings (SSSR count). The Morgan fingerprint density at radius 2 is 1.62 bits per heavy atom. The number of rotatable bonds is 5. The van der Waals surface area contributed by atoms with Crippen LogP contribution in [0.1, 0.15) is 19.4 Å². The minimum atomic E-state index is -0.308. The average molecular weight is 347 g/mol. The second-order valence-corrected chi connectivity index (χ2v) is 5.83. The number of halogens is 1. The number of benzene rings is 2. The van der Waals surface area contributed by atoms with E-state index in [0.29, 0.717) is 0 Å². The van der Waals surface area contributed by atoms with E-state index in [1.54, 1.807) is 0 Å². The summed E-state index contributed by atoms with van der Waals surface area (Å²) in [4.78, 5) is 12.2. The molecule has 0 heterocycles. The van der Waals surface area contributed by atoms with Crippen LogP contribution < -0.4 is 10.6 Å². The number of hydrogen-bond acceptors (Lipinski definition) is 2. The summed E-state index contributed by atoms with van der Waals surface area (Å²) < 4.78 is 1.01. The number of carbonyl (C=O) groups excluding carboxylic acids is 1. The molecule has 0 radical (unpaired) electrons. The van der Waals surface area contributed by atoms with E-state index in [2.05, 4.69) is 33.5 Å². The van der Waals surface area contributed by atoms with Crippen LogP contribution in [0.25, 0.3) is 0 Å². The molecule has 1 atom stereocenters. The molecule has 0 aliphatic carbocycles. The van der Waals surface area contributed by atoms with Crippen LogP contribution in [0, 0.1) is 0 Å². The molecule has 4 heteroatoms. The maximum absolute atomic E-state index is 12.2. The van der Waals surface area contributed by atoms with E-state index in [4.69, 9.17) is 0 Å². The number of carbonyl (C=O) groups is 1. The summed E-state index contributed by atoms with van der Waals surface area (Å²) in [7, 11) is 0. The Hall–Kier alpha value is -1.81. The van der Waals surface area contributed by atoms with Crippen molar-refractivity contribution in [2.75, 3.05) is 10.6 Å². The van der Waals surface area contributed by atoms with E-state index >= 15 is 0 Å². The van der Waals surface area contributed by atoms with Gasteiger partial charge in [-0.25, -0.2) is 0 Å². The van der Waals surface area contributed by atoms with E-state index in [1.165, 1.54) is 5.56 Å². The maximum Gasteiger partial charge on any atom is 0.246 e. The summed E-state index contributed by atoms with van der Waals surface area (Å²) in [5.41, 5.74) is 3.00. The lowest BCUT2D eigenvalue weighted by Gasteiger charge is -2.15. The molecule has 0 fully saturated rings. The van der Waals surface area contributed by atoms with Gasteiger partial charge in [0.2, 0.25) is 5.91 Å². The molecule has 0 spiro atoms. The molecule has 0 bridgehead atoms. The van der Waals surface area contributed by atoms with Crippen molar-refractivity contribution < 1.29 is 4.79 Å². The Labute approximate surface area is 133 Å². The van der Waals surface area contributed by atoms with Crippen molar-refractivity contribution in [1.82, 2.24) is 0 Å². The Morgan fingerprint density at radius 1 is 1.05 bits per heavy atom. The second-order valence-electron chi connectivity index (χ2n) is 4.91. The van der Waals surface area contributed by atoms with Crippen molar-refractivity contribution in [3.8, 4) is 0 Å². The van der Waals surface area contributed by atoms with Gasteiger partial charge in [-0.3, -0.25) is 4.79 Å². The standard InChI is InChI=1S/C17H19BrN2O/c1-3-13-4-8-16(9-5-13)20-17(21)12(2)19-15-10-6-14(18)7-11-15/h4-12,19H,3H2,1-2H3,(H,20,21)/t12-/m1/s1. The molecular formula is C17H19BrN2O. The average Bonchev–Trinajstić information content (AvgIpc) is 2.50. The van der Waals surface area contributed by atoms with Crippen molar-refractivity contribution in [3.63, 3.8) is 0 Å². The van der Waals surface area contributed by atoms with Gasteiger partial charge in [0.15, 0.2) is 0 Å². The highest BCUT2D eigenvalue weighted by atomic mass is 79.9. The zero-order chi connectivity index (χ0) is 15.2. The molecular weight excluding hydrogens is 328 g/mol. The second kappa shape index (κ2) is 7.27. The van der Waals surface area contributed by atoms with Crippen molar-refractivity contribution in [2.24, 2.45) is 0 Å². The first-order valence-electron chi connectivity index (χ1n) is 7.00. The van der Waals surface area contributed by atoms with Crippen LogP contribution in [0.3, 0.4) is 0 Å². The zero-order valence-corrected chi connectivity index (χ0v) is 13.8. The van der Waals surface area contributed by atoms with Gasteiger partial charge in [-0.05, 0) is 55.3 Å². The van der Waals surface area contributed by atoms with Crippen LogP contribution in [0.4, 0.5) is 11.4 Å². The largest absolute Gasteiger partial charge is 0.374 e. The Bertz CT molecular complexity index is 593. The van der Waals surface area contributed by atoms with Gasteiger partial charge in [-0.15, -0.1) is 0 Å². The van der Waals surface area contributed by atoms with Crippen molar-refractivity contribution >= 4 is 33.2 Å². The van der Waals surface area contributed by atoms with Gasteiger partial charge in [0.1, 0.15) is 6.04 Å². The third kappa shape index (κ3) is 4.60. The molecule has 110 valence electrons. The van der Waals surface area contributed by atoms with E-state index in [0.717, 1.165) is 22.3 Å². The van der Waals surface area contributed by atoms with E-state index in [9.17, 15) is 4.79 Å². The Balaban J connectivity index is 1.93. The molecule has 2 aromatic carbocycles. The molecule has 0 aliphatic rings. The molecule has 1 amide bonds. The first-order chi connectivity index (χ1) is 10.1. The zero-order valence-electron chi connectivity index (χ0n) is 12.2. The number of nitrogens with one attached hydrogen (secondary N) is 2. The molecule has 0 aromatic heterocycles. The van der Waals surface area contributed by atoms with Crippen LogP contribution in [-0.4, -0.2) is 11.9 Å².